The van der Waals surface area contributed by atoms with Crippen molar-refractivity contribution in [3.8, 4) is 0 Å². The fourth-order valence-corrected chi connectivity index (χ4v) is 1.66. The van der Waals surface area contributed by atoms with E-state index in [1.807, 2.05) is 0 Å². The lowest BCUT2D eigenvalue weighted by molar-refractivity contribution is 0.381. The minimum atomic E-state index is 0.419. The lowest BCUT2D eigenvalue weighted by Crippen LogP contribution is -2.27. The number of hydrogen-bond donors (Lipinski definition) is 1. The van der Waals surface area contributed by atoms with Crippen molar-refractivity contribution in [2.24, 2.45) is 17.6 Å². The van der Waals surface area contributed by atoms with Gasteiger partial charge in [-0.1, -0.05) is 13.3 Å². The van der Waals surface area contributed by atoms with Crippen LogP contribution in [0.1, 0.15) is 33.1 Å². The molecule has 2 atom stereocenters. The van der Waals surface area contributed by atoms with E-state index in [-0.39, 0.29) is 0 Å². The van der Waals surface area contributed by atoms with E-state index in [9.17, 15) is 0 Å². The molecule has 1 nitrogen and oxygen atoms in total. The first-order valence-corrected chi connectivity index (χ1v) is 4.01. The predicted octanol–water partition coefficient (Wildman–Crippen LogP) is 1.77. The molecule has 0 amide bonds. The first-order valence-electron chi connectivity index (χ1n) is 4.01. The van der Waals surface area contributed by atoms with Gasteiger partial charge in [0.25, 0.3) is 0 Å². The summed E-state index contributed by atoms with van der Waals surface area (Å²) in [7, 11) is 0. The minimum absolute atomic E-state index is 0.419. The molecule has 0 aromatic heterocycles. The third-order valence-corrected chi connectivity index (χ3v) is 2.37. The van der Waals surface area contributed by atoms with Crippen molar-refractivity contribution in [2.75, 3.05) is 0 Å². The second-order valence-corrected chi connectivity index (χ2v) is 3.27. The first kappa shape index (κ1) is 7.07. The van der Waals surface area contributed by atoms with E-state index in [2.05, 4.69) is 13.8 Å². The van der Waals surface area contributed by atoms with Crippen LogP contribution >= 0.6 is 0 Å². The molecule has 0 heterocycles. The standard InChI is InChI=1S/C8H17N/c1-3-8(6(2)9)7-4-5-7/h6-8H,3-5,9H2,1-2H3. The highest BCUT2D eigenvalue weighted by molar-refractivity contribution is 4.84. The van der Waals surface area contributed by atoms with Gasteiger partial charge in [0.1, 0.15) is 0 Å². The number of nitrogens with two attached hydrogens (primary N) is 1. The van der Waals surface area contributed by atoms with Crippen LogP contribution in [0.5, 0.6) is 0 Å². The maximum Gasteiger partial charge on any atom is 0.00413 e. The van der Waals surface area contributed by atoms with E-state index in [0.29, 0.717) is 6.04 Å². The van der Waals surface area contributed by atoms with Crippen LogP contribution in [0.15, 0.2) is 0 Å². The average Bonchev–Trinajstić information content (AvgIpc) is 2.50. The topological polar surface area (TPSA) is 26.0 Å². The molecule has 1 saturated carbocycles. The molecule has 1 aliphatic rings. The Hall–Kier alpha value is -0.0400. The largest absolute Gasteiger partial charge is 0.328 e. The van der Waals surface area contributed by atoms with Gasteiger partial charge in [-0.3, -0.25) is 0 Å². The Morgan fingerprint density at radius 2 is 2.11 bits per heavy atom. The minimum Gasteiger partial charge on any atom is -0.328 e. The van der Waals surface area contributed by atoms with E-state index < -0.39 is 0 Å². The van der Waals surface area contributed by atoms with Crippen molar-refractivity contribution in [1.82, 2.24) is 0 Å². The van der Waals surface area contributed by atoms with E-state index >= 15 is 0 Å². The third kappa shape index (κ3) is 1.68. The molecule has 9 heavy (non-hydrogen) atoms. The molecule has 1 heteroatoms. The highest BCUT2D eigenvalue weighted by Gasteiger charge is 2.31. The lowest BCUT2D eigenvalue weighted by atomic mass is 9.94. The van der Waals surface area contributed by atoms with Crippen LogP contribution in [-0.2, 0) is 0 Å². The zero-order chi connectivity index (χ0) is 6.85. The molecule has 0 aromatic carbocycles. The fraction of sp³-hybridized carbons (Fsp3) is 1.00. The Morgan fingerprint density at radius 3 is 2.22 bits per heavy atom. The van der Waals surface area contributed by atoms with E-state index in [1.54, 1.807) is 0 Å². The van der Waals surface area contributed by atoms with Gasteiger partial charge in [0.2, 0.25) is 0 Å². The molecule has 0 aromatic rings. The monoisotopic (exact) mass is 127 g/mol. The fourth-order valence-electron chi connectivity index (χ4n) is 1.66. The van der Waals surface area contributed by atoms with E-state index in [4.69, 9.17) is 5.73 Å². The van der Waals surface area contributed by atoms with Crippen LogP contribution in [0.25, 0.3) is 0 Å². The average molecular weight is 127 g/mol. The quantitative estimate of drug-likeness (QED) is 0.614. The second kappa shape index (κ2) is 2.70. The van der Waals surface area contributed by atoms with Crippen molar-refractivity contribution in [2.45, 2.75) is 39.2 Å². The van der Waals surface area contributed by atoms with Crippen LogP contribution < -0.4 is 5.73 Å². The van der Waals surface area contributed by atoms with Crippen molar-refractivity contribution in [3.63, 3.8) is 0 Å². The van der Waals surface area contributed by atoms with Crippen LogP contribution in [-0.4, -0.2) is 6.04 Å². The summed E-state index contributed by atoms with van der Waals surface area (Å²) in [5, 5.41) is 0. The van der Waals surface area contributed by atoms with Gasteiger partial charge < -0.3 is 5.73 Å². The Labute approximate surface area is 57.6 Å². The van der Waals surface area contributed by atoms with Gasteiger partial charge in [-0.25, -0.2) is 0 Å². The van der Waals surface area contributed by atoms with Gasteiger partial charge in [-0.2, -0.15) is 0 Å². The van der Waals surface area contributed by atoms with Crippen molar-refractivity contribution in [3.05, 3.63) is 0 Å². The SMILES string of the molecule is CCC(C(C)N)C1CC1. The molecular weight excluding hydrogens is 110 g/mol. The number of hydrogen-bond acceptors (Lipinski definition) is 1. The highest BCUT2D eigenvalue weighted by atomic mass is 14.6. The Balaban J connectivity index is 2.28. The first-order chi connectivity index (χ1) is 4.25. The molecule has 1 aliphatic carbocycles. The van der Waals surface area contributed by atoms with Gasteiger partial charge in [-0.15, -0.1) is 0 Å². The molecule has 1 fully saturated rings. The van der Waals surface area contributed by atoms with Gasteiger partial charge in [0, 0.05) is 6.04 Å². The molecule has 1 rings (SSSR count). The molecule has 0 bridgehead atoms. The van der Waals surface area contributed by atoms with Crippen molar-refractivity contribution in [1.29, 1.82) is 0 Å². The van der Waals surface area contributed by atoms with Gasteiger partial charge in [0.05, 0.1) is 0 Å². The molecule has 2 unspecified atom stereocenters. The van der Waals surface area contributed by atoms with Crippen LogP contribution in [0, 0.1) is 11.8 Å². The van der Waals surface area contributed by atoms with Gasteiger partial charge in [0.15, 0.2) is 0 Å². The van der Waals surface area contributed by atoms with Crippen LogP contribution in [0.2, 0.25) is 0 Å². The molecule has 2 N–H and O–H groups in total. The van der Waals surface area contributed by atoms with E-state index in [1.165, 1.54) is 19.3 Å². The van der Waals surface area contributed by atoms with Crippen molar-refractivity contribution >= 4 is 0 Å². The Morgan fingerprint density at radius 1 is 1.56 bits per heavy atom. The normalized spacial score (nSPS) is 25.7. The summed E-state index contributed by atoms with van der Waals surface area (Å²) in [6, 6.07) is 0.419. The van der Waals surface area contributed by atoms with E-state index in [0.717, 1.165) is 11.8 Å². The van der Waals surface area contributed by atoms with Crippen LogP contribution in [0.3, 0.4) is 0 Å². The third-order valence-electron chi connectivity index (χ3n) is 2.37. The summed E-state index contributed by atoms with van der Waals surface area (Å²) in [5.41, 5.74) is 5.79. The zero-order valence-electron chi connectivity index (χ0n) is 6.43. The zero-order valence-corrected chi connectivity index (χ0v) is 6.43. The van der Waals surface area contributed by atoms with Crippen LogP contribution in [0.4, 0.5) is 0 Å². The maximum absolute atomic E-state index is 5.79. The summed E-state index contributed by atoms with van der Waals surface area (Å²) >= 11 is 0. The Bertz CT molecular complexity index is 82.6. The molecule has 54 valence electrons. The predicted molar refractivity (Wildman–Crippen MR) is 40.2 cm³/mol. The maximum atomic E-state index is 5.79. The molecule has 0 radical (unpaired) electrons. The summed E-state index contributed by atoms with van der Waals surface area (Å²) in [4.78, 5) is 0. The lowest BCUT2D eigenvalue weighted by Gasteiger charge is -2.17. The van der Waals surface area contributed by atoms with Gasteiger partial charge in [-0.05, 0) is 31.6 Å². The molecule has 0 spiro atoms. The molecule has 0 saturated heterocycles. The summed E-state index contributed by atoms with van der Waals surface area (Å²) < 4.78 is 0. The van der Waals surface area contributed by atoms with Gasteiger partial charge >= 0.3 is 0 Å². The number of rotatable bonds is 3. The summed E-state index contributed by atoms with van der Waals surface area (Å²) in [5.74, 6) is 1.79. The van der Waals surface area contributed by atoms with Crippen molar-refractivity contribution < 1.29 is 0 Å². The molecule has 0 aliphatic heterocycles. The highest BCUT2D eigenvalue weighted by Crippen LogP contribution is 2.39. The second-order valence-electron chi connectivity index (χ2n) is 3.27. The smallest absolute Gasteiger partial charge is 0.00413 e. The Kier molecular flexibility index (Phi) is 2.12. The summed E-state index contributed by atoms with van der Waals surface area (Å²) in [6.45, 7) is 4.37. The molecular formula is C8H17N. The summed E-state index contributed by atoms with van der Waals surface area (Å²) in [6.07, 6.45) is 4.13.